The summed E-state index contributed by atoms with van der Waals surface area (Å²) in [6.45, 7) is 5.02. The van der Waals surface area contributed by atoms with Crippen molar-refractivity contribution in [3.63, 3.8) is 0 Å². The predicted molar refractivity (Wildman–Crippen MR) is 79.0 cm³/mol. The number of hydrogen-bond donors (Lipinski definition) is 2. The van der Waals surface area contributed by atoms with Gasteiger partial charge in [0.25, 0.3) is 11.8 Å². The average molecular weight is 289 g/mol. The standard InChI is InChI=1S/C15H19N3O3/c1-9-7-10(5-6-11(9)16-4)13(20)18-8-12(19)17-14(21)15(18,2)3/h5-7,16H,8H2,1-4H3,(H,17,19,21). The molecule has 1 aliphatic heterocycles. The summed E-state index contributed by atoms with van der Waals surface area (Å²) in [4.78, 5) is 37.4. The lowest BCUT2D eigenvalue weighted by atomic mass is 9.97. The van der Waals surface area contributed by atoms with Crippen molar-refractivity contribution in [1.29, 1.82) is 0 Å². The summed E-state index contributed by atoms with van der Waals surface area (Å²) in [6, 6.07) is 5.25. The molecule has 1 aromatic rings. The number of nitrogens with one attached hydrogen (secondary N) is 2. The molecule has 112 valence electrons. The highest BCUT2D eigenvalue weighted by Crippen LogP contribution is 2.23. The third kappa shape index (κ3) is 2.61. The van der Waals surface area contributed by atoms with Gasteiger partial charge in [-0.1, -0.05) is 0 Å². The van der Waals surface area contributed by atoms with Gasteiger partial charge in [-0.05, 0) is 44.5 Å². The van der Waals surface area contributed by atoms with Crippen molar-refractivity contribution in [3.8, 4) is 0 Å². The average Bonchev–Trinajstić information content (AvgIpc) is 2.42. The number of benzene rings is 1. The van der Waals surface area contributed by atoms with E-state index in [-0.39, 0.29) is 12.5 Å². The minimum absolute atomic E-state index is 0.121. The van der Waals surface area contributed by atoms with Gasteiger partial charge in [-0.25, -0.2) is 0 Å². The van der Waals surface area contributed by atoms with Gasteiger partial charge < -0.3 is 10.2 Å². The van der Waals surface area contributed by atoms with Crippen LogP contribution in [-0.4, -0.2) is 41.8 Å². The first-order chi connectivity index (χ1) is 9.77. The van der Waals surface area contributed by atoms with Crippen LogP contribution in [0.1, 0.15) is 29.8 Å². The summed E-state index contributed by atoms with van der Waals surface area (Å²) in [5, 5.41) is 5.28. The van der Waals surface area contributed by atoms with Crippen LogP contribution in [0.3, 0.4) is 0 Å². The van der Waals surface area contributed by atoms with E-state index in [2.05, 4.69) is 10.6 Å². The van der Waals surface area contributed by atoms with Gasteiger partial charge in [0.05, 0.1) is 0 Å². The van der Waals surface area contributed by atoms with Crippen molar-refractivity contribution in [2.45, 2.75) is 26.3 Å². The summed E-state index contributed by atoms with van der Waals surface area (Å²) in [7, 11) is 1.81. The molecule has 2 rings (SSSR count). The van der Waals surface area contributed by atoms with Gasteiger partial charge in [0, 0.05) is 18.3 Å². The van der Waals surface area contributed by atoms with Crippen LogP contribution in [0.25, 0.3) is 0 Å². The van der Waals surface area contributed by atoms with E-state index in [9.17, 15) is 14.4 Å². The first-order valence-corrected chi connectivity index (χ1v) is 6.72. The van der Waals surface area contributed by atoms with Crippen LogP contribution in [0.2, 0.25) is 0 Å². The van der Waals surface area contributed by atoms with Crippen LogP contribution in [0.5, 0.6) is 0 Å². The van der Waals surface area contributed by atoms with Gasteiger partial charge in [-0.3, -0.25) is 19.7 Å². The van der Waals surface area contributed by atoms with Gasteiger partial charge >= 0.3 is 0 Å². The number of hydrogen-bond acceptors (Lipinski definition) is 4. The minimum atomic E-state index is -1.05. The Morgan fingerprint density at radius 2 is 2.00 bits per heavy atom. The lowest BCUT2D eigenvalue weighted by Crippen LogP contribution is -2.65. The molecule has 1 aromatic carbocycles. The number of anilines is 1. The van der Waals surface area contributed by atoms with Gasteiger partial charge in [0.15, 0.2) is 0 Å². The highest BCUT2D eigenvalue weighted by Gasteiger charge is 2.43. The van der Waals surface area contributed by atoms with Crippen LogP contribution in [0.15, 0.2) is 18.2 Å². The largest absolute Gasteiger partial charge is 0.388 e. The Balaban J connectivity index is 2.36. The minimum Gasteiger partial charge on any atom is -0.388 e. The molecule has 0 unspecified atom stereocenters. The van der Waals surface area contributed by atoms with Crippen molar-refractivity contribution >= 4 is 23.4 Å². The maximum absolute atomic E-state index is 12.6. The molecule has 6 nitrogen and oxygen atoms in total. The van der Waals surface area contributed by atoms with E-state index in [0.29, 0.717) is 5.56 Å². The molecular weight excluding hydrogens is 270 g/mol. The Bertz CT molecular complexity index is 623. The highest BCUT2D eigenvalue weighted by molar-refractivity contribution is 6.09. The summed E-state index contributed by atoms with van der Waals surface area (Å²) in [5.74, 6) is -1.25. The molecule has 1 fully saturated rings. The quantitative estimate of drug-likeness (QED) is 0.793. The summed E-state index contributed by atoms with van der Waals surface area (Å²) < 4.78 is 0. The predicted octanol–water partition coefficient (Wildman–Crippen LogP) is 0.914. The van der Waals surface area contributed by atoms with Crippen molar-refractivity contribution in [3.05, 3.63) is 29.3 Å². The smallest absolute Gasteiger partial charge is 0.255 e. The number of aryl methyl sites for hydroxylation is 1. The third-order valence-corrected chi connectivity index (χ3v) is 3.77. The Hall–Kier alpha value is -2.37. The molecule has 0 aromatic heterocycles. The maximum Gasteiger partial charge on any atom is 0.255 e. The summed E-state index contributed by atoms with van der Waals surface area (Å²) >= 11 is 0. The number of carbonyl (C=O) groups is 3. The van der Waals surface area contributed by atoms with Crippen LogP contribution >= 0.6 is 0 Å². The molecule has 0 saturated carbocycles. The van der Waals surface area contributed by atoms with Crippen molar-refractivity contribution in [2.24, 2.45) is 0 Å². The molecule has 6 heteroatoms. The van der Waals surface area contributed by atoms with Gasteiger partial charge in [0.1, 0.15) is 12.1 Å². The molecule has 3 amide bonds. The van der Waals surface area contributed by atoms with E-state index in [0.717, 1.165) is 11.3 Å². The van der Waals surface area contributed by atoms with E-state index in [1.807, 2.05) is 6.92 Å². The van der Waals surface area contributed by atoms with Crippen LogP contribution < -0.4 is 10.6 Å². The fourth-order valence-corrected chi connectivity index (χ4v) is 2.34. The van der Waals surface area contributed by atoms with Gasteiger partial charge in [-0.15, -0.1) is 0 Å². The Morgan fingerprint density at radius 3 is 2.57 bits per heavy atom. The number of nitrogens with zero attached hydrogens (tertiary/aromatic N) is 1. The molecule has 1 heterocycles. The number of carbonyl (C=O) groups excluding carboxylic acids is 3. The van der Waals surface area contributed by atoms with E-state index in [1.54, 1.807) is 39.1 Å². The van der Waals surface area contributed by atoms with E-state index in [1.165, 1.54) is 4.90 Å². The molecule has 1 aliphatic rings. The molecule has 21 heavy (non-hydrogen) atoms. The third-order valence-electron chi connectivity index (χ3n) is 3.77. The van der Waals surface area contributed by atoms with Crippen LogP contribution in [-0.2, 0) is 9.59 Å². The van der Waals surface area contributed by atoms with E-state index in [4.69, 9.17) is 0 Å². The molecule has 0 aliphatic carbocycles. The van der Waals surface area contributed by atoms with Crippen molar-refractivity contribution in [1.82, 2.24) is 10.2 Å². The molecule has 0 atom stereocenters. The molecular formula is C15H19N3O3. The second-order valence-corrected chi connectivity index (χ2v) is 5.61. The van der Waals surface area contributed by atoms with Crippen LogP contribution in [0.4, 0.5) is 5.69 Å². The molecule has 0 radical (unpaired) electrons. The fourth-order valence-electron chi connectivity index (χ4n) is 2.34. The Kier molecular flexibility index (Phi) is 3.72. The van der Waals surface area contributed by atoms with Gasteiger partial charge in [0.2, 0.25) is 5.91 Å². The first kappa shape index (κ1) is 15.0. The molecule has 0 bridgehead atoms. The second-order valence-electron chi connectivity index (χ2n) is 5.61. The van der Waals surface area contributed by atoms with E-state index >= 15 is 0 Å². The molecule has 2 N–H and O–H groups in total. The molecule has 0 spiro atoms. The first-order valence-electron chi connectivity index (χ1n) is 6.72. The van der Waals surface area contributed by atoms with Crippen LogP contribution in [0, 0.1) is 6.92 Å². The number of amides is 3. The Morgan fingerprint density at radius 1 is 1.33 bits per heavy atom. The highest BCUT2D eigenvalue weighted by atomic mass is 16.2. The second kappa shape index (κ2) is 5.20. The SMILES string of the molecule is CNc1ccc(C(=O)N2CC(=O)NC(=O)C2(C)C)cc1C. The Labute approximate surface area is 123 Å². The maximum atomic E-state index is 12.6. The molecule has 1 saturated heterocycles. The van der Waals surface area contributed by atoms with E-state index < -0.39 is 17.4 Å². The zero-order chi connectivity index (χ0) is 15.8. The number of rotatable bonds is 2. The summed E-state index contributed by atoms with van der Waals surface area (Å²) in [5.41, 5.74) is 1.26. The zero-order valence-electron chi connectivity index (χ0n) is 12.6. The lowest BCUT2D eigenvalue weighted by molar-refractivity contribution is -0.143. The lowest BCUT2D eigenvalue weighted by Gasteiger charge is -2.40. The topological polar surface area (TPSA) is 78.5 Å². The fraction of sp³-hybridized carbons (Fsp3) is 0.400. The van der Waals surface area contributed by atoms with Crippen molar-refractivity contribution < 1.29 is 14.4 Å². The van der Waals surface area contributed by atoms with Gasteiger partial charge in [-0.2, -0.15) is 0 Å². The normalized spacial score (nSPS) is 17.4. The monoisotopic (exact) mass is 289 g/mol. The number of piperazine rings is 1. The number of imide groups is 1. The zero-order valence-corrected chi connectivity index (χ0v) is 12.6. The van der Waals surface area contributed by atoms with Crippen molar-refractivity contribution in [2.75, 3.05) is 18.9 Å². The summed E-state index contributed by atoms with van der Waals surface area (Å²) in [6.07, 6.45) is 0.